The molecule has 3 unspecified atom stereocenters. The zero-order valence-corrected chi connectivity index (χ0v) is 19.0. The van der Waals surface area contributed by atoms with Gasteiger partial charge in [-0.05, 0) is 74.4 Å². The Kier molecular flexibility index (Phi) is 6.34. The van der Waals surface area contributed by atoms with E-state index in [1.54, 1.807) is 0 Å². The summed E-state index contributed by atoms with van der Waals surface area (Å²) in [4.78, 5) is 16.6. The molecule has 2 aliphatic heterocycles. The lowest BCUT2D eigenvalue weighted by Crippen LogP contribution is -2.54. The first kappa shape index (κ1) is 21.0. The molecule has 1 saturated carbocycles. The molecule has 164 valence electrons. The van der Waals surface area contributed by atoms with Gasteiger partial charge in [0, 0.05) is 28.7 Å². The van der Waals surface area contributed by atoms with Crippen LogP contribution < -0.4 is 5.32 Å². The Hall–Kier alpha value is -1.84. The molecule has 0 bridgehead atoms. The molecule has 3 aliphatic rings. The van der Waals surface area contributed by atoms with E-state index >= 15 is 0 Å². The number of carbonyl (C=O) groups is 1. The van der Waals surface area contributed by atoms with Gasteiger partial charge < -0.3 is 5.32 Å². The second-order valence-electron chi connectivity index (χ2n) is 9.58. The highest BCUT2D eigenvalue weighted by Crippen LogP contribution is 2.39. The molecule has 3 nitrogen and oxygen atoms in total. The summed E-state index contributed by atoms with van der Waals surface area (Å²) in [6.07, 6.45) is 10.1. The Morgan fingerprint density at radius 2 is 1.71 bits per heavy atom. The highest BCUT2D eigenvalue weighted by atomic mass is 35.5. The average molecular weight is 437 g/mol. The summed E-state index contributed by atoms with van der Waals surface area (Å²) in [6, 6.07) is 17.3. The molecule has 0 spiro atoms. The number of likely N-dealkylation sites (tertiary alicyclic amines) is 1. The maximum absolute atomic E-state index is 14.0. The molecule has 1 N–H and O–H groups in total. The van der Waals surface area contributed by atoms with E-state index in [4.69, 9.17) is 11.6 Å². The van der Waals surface area contributed by atoms with Crippen LogP contribution >= 0.6 is 11.6 Å². The summed E-state index contributed by atoms with van der Waals surface area (Å²) in [6.45, 7) is 0.996. The lowest BCUT2D eigenvalue weighted by molar-refractivity contribution is -0.130. The smallest absolute Gasteiger partial charge is 0.155 e. The van der Waals surface area contributed by atoms with Crippen LogP contribution in [0.1, 0.15) is 68.5 Å². The molecule has 0 aromatic heterocycles. The quantitative estimate of drug-likeness (QED) is 0.586. The normalized spacial score (nSPS) is 25.6. The lowest BCUT2D eigenvalue weighted by Gasteiger charge is -2.42. The average Bonchev–Trinajstić information content (AvgIpc) is 3.29. The van der Waals surface area contributed by atoms with Gasteiger partial charge in [-0.25, -0.2) is 0 Å². The van der Waals surface area contributed by atoms with Crippen LogP contribution in [-0.4, -0.2) is 29.3 Å². The van der Waals surface area contributed by atoms with Crippen LogP contribution in [0.3, 0.4) is 0 Å². The largest absolute Gasteiger partial charge is 0.380 e. The zero-order valence-electron chi connectivity index (χ0n) is 18.2. The summed E-state index contributed by atoms with van der Waals surface area (Å²) >= 11 is 6.16. The van der Waals surface area contributed by atoms with Crippen LogP contribution in [0.4, 0.5) is 5.69 Å². The second kappa shape index (κ2) is 9.34. The minimum Gasteiger partial charge on any atom is -0.380 e. The molecule has 2 aromatic rings. The van der Waals surface area contributed by atoms with Crippen molar-refractivity contribution in [3.63, 3.8) is 0 Å². The molecule has 2 fully saturated rings. The Labute approximate surface area is 191 Å². The Morgan fingerprint density at radius 3 is 2.52 bits per heavy atom. The number of ketones is 1. The number of carbonyl (C=O) groups excluding carboxylic acids is 1. The SMILES string of the molecule is O=C(C1CCCCC1)C(C1CCc2ccccc2N1)N1CCCC1c1ccc(Cl)cc1. The topological polar surface area (TPSA) is 32.3 Å². The third-order valence-electron chi connectivity index (χ3n) is 7.67. The monoisotopic (exact) mass is 436 g/mol. The maximum Gasteiger partial charge on any atom is 0.155 e. The number of rotatable bonds is 5. The van der Waals surface area contributed by atoms with Crippen LogP contribution in [-0.2, 0) is 11.2 Å². The number of benzene rings is 2. The first-order valence-electron chi connectivity index (χ1n) is 12.1. The summed E-state index contributed by atoms with van der Waals surface area (Å²) in [7, 11) is 0. The van der Waals surface area contributed by atoms with Crippen molar-refractivity contribution in [3.8, 4) is 0 Å². The number of nitrogens with zero attached hydrogens (tertiary/aromatic N) is 1. The van der Waals surface area contributed by atoms with Crippen molar-refractivity contribution in [3.05, 3.63) is 64.7 Å². The fraction of sp³-hybridized carbons (Fsp3) is 0.519. The van der Waals surface area contributed by atoms with Crippen LogP contribution in [0.15, 0.2) is 48.5 Å². The van der Waals surface area contributed by atoms with Gasteiger partial charge in [0.2, 0.25) is 0 Å². The van der Waals surface area contributed by atoms with Gasteiger partial charge in [-0.3, -0.25) is 9.69 Å². The van der Waals surface area contributed by atoms with Gasteiger partial charge >= 0.3 is 0 Å². The molecular weight excluding hydrogens is 404 g/mol. The molecule has 4 heteroatoms. The summed E-state index contributed by atoms with van der Waals surface area (Å²) in [5, 5.41) is 4.56. The van der Waals surface area contributed by atoms with E-state index in [-0.39, 0.29) is 18.0 Å². The van der Waals surface area contributed by atoms with Crippen LogP contribution in [0.25, 0.3) is 0 Å². The van der Waals surface area contributed by atoms with Crippen molar-refractivity contribution in [1.29, 1.82) is 0 Å². The number of para-hydroxylation sites is 1. The van der Waals surface area contributed by atoms with Crippen LogP contribution in [0.5, 0.6) is 0 Å². The van der Waals surface area contributed by atoms with E-state index < -0.39 is 0 Å². The number of hydrogen-bond donors (Lipinski definition) is 1. The van der Waals surface area contributed by atoms with Gasteiger partial charge in [-0.1, -0.05) is 61.2 Å². The highest BCUT2D eigenvalue weighted by Gasteiger charge is 2.43. The second-order valence-corrected chi connectivity index (χ2v) is 10.0. The van der Waals surface area contributed by atoms with E-state index in [0.29, 0.717) is 11.8 Å². The van der Waals surface area contributed by atoms with E-state index in [0.717, 1.165) is 50.1 Å². The van der Waals surface area contributed by atoms with Crippen molar-refractivity contribution in [2.75, 3.05) is 11.9 Å². The number of halogens is 1. The Bertz CT molecular complexity index is 906. The highest BCUT2D eigenvalue weighted by molar-refractivity contribution is 6.30. The van der Waals surface area contributed by atoms with E-state index in [2.05, 4.69) is 46.6 Å². The van der Waals surface area contributed by atoms with Gasteiger partial charge in [0.05, 0.1) is 6.04 Å². The number of aryl methyl sites for hydroxylation is 1. The Morgan fingerprint density at radius 1 is 0.935 bits per heavy atom. The minimum atomic E-state index is -0.0559. The molecule has 1 aliphatic carbocycles. The lowest BCUT2D eigenvalue weighted by atomic mass is 9.79. The third-order valence-corrected chi connectivity index (χ3v) is 7.92. The molecule has 2 aromatic carbocycles. The van der Waals surface area contributed by atoms with Crippen molar-refractivity contribution < 1.29 is 4.79 Å². The molecule has 0 amide bonds. The molecule has 5 rings (SSSR count). The predicted molar refractivity (Wildman–Crippen MR) is 128 cm³/mol. The number of Topliss-reactive ketones (excluding diaryl/α,β-unsaturated/α-hetero) is 1. The fourth-order valence-corrected chi connectivity index (χ4v) is 6.21. The van der Waals surface area contributed by atoms with Crippen molar-refractivity contribution in [2.24, 2.45) is 5.92 Å². The van der Waals surface area contributed by atoms with E-state index in [1.807, 2.05) is 12.1 Å². The number of hydrogen-bond acceptors (Lipinski definition) is 3. The summed E-state index contributed by atoms with van der Waals surface area (Å²) in [5.41, 5.74) is 3.88. The standard InChI is InChI=1S/C27H33ClN2O/c28-22-15-12-20(13-16-22)25-11-6-18-30(25)26(27(31)21-8-2-1-3-9-21)24-17-14-19-7-4-5-10-23(19)29-24/h4-5,7,10,12-13,15-16,21,24-26,29H,1-3,6,8-9,11,14,17-18H2. The van der Waals surface area contributed by atoms with E-state index in [1.165, 1.54) is 36.1 Å². The molecule has 2 heterocycles. The van der Waals surface area contributed by atoms with Crippen molar-refractivity contribution >= 4 is 23.1 Å². The minimum absolute atomic E-state index is 0.0559. The molecule has 31 heavy (non-hydrogen) atoms. The van der Waals surface area contributed by atoms with Crippen LogP contribution in [0.2, 0.25) is 5.02 Å². The Balaban J connectivity index is 1.46. The number of fused-ring (bicyclic) bond motifs is 1. The first-order valence-corrected chi connectivity index (χ1v) is 12.5. The fourth-order valence-electron chi connectivity index (χ4n) is 6.09. The van der Waals surface area contributed by atoms with Gasteiger partial charge in [0.25, 0.3) is 0 Å². The molecule has 0 radical (unpaired) electrons. The van der Waals surface area contributed by atoms with Gasteiger partial charge in [0.15, 0.2) is 5.78 Å². The van der Waals surface area contributed by atoms with Crippen LogP contribution in [0, 0.1) is 5.92 Å². The van der Waals surface area contributed by atoms with Gasteiger partial charge in [-0.2, -0.15) is 0 Å². The van der Waals surface area contributed by atoms with Crippen molar-refractivity contribution in [1.82, 2.24) is 4.90 Å². The van der Waals surface area contributed by atoms with Gasteiger partial charge in [0.1, 0.15) is 0 Å². The third kappa shape index (κ3) is 4.40. The molecular formula is C27H33ClN2O. The predicted octanol–water partition coefficient (Wildman–Crippen LogP) is 6.42. The van der Waals surface area contributed by atoms with Crippen molar-refractivity contribution in [2.45, 2.75) is 75.9 Å². The van der Waals surface area contributed by atoms with E-state index in [9.17, 15) is 4.79 Å². The zero-order chi connectivity index (χ0) is 21.2. The summed E-state index contributed by atoms with van der Waals surface area (Å²) in [5.74, 6) is 0.710. The summed E-state index contributed by atoms with van der Waals surface area (Å²) < 4.78 is 0. The maximum atomic E-state index is 14.0. The first-order chi connectivity index (χ1) is 15.2. The molecule has 1 saturated heterocycles. The molecule has 3 atom stereocenters. The number of anilines is 1. The number of nitrogens with one attached hydrogen (secondary N) is 1. The van der Waals surface area contributed by atoms with Gasteiger partial charge in [-0.15, -0.1) is 0 Å².